The van der Waals surface area contributed by atoms with E-state index in [4.69, 9.17) is 17.3 Å². The number of aromatic nitrogens is 3. The molecule has 0 bridgehead atoms. The summed E-state index contributed by atoms with van der Waals surface area (Å²) in [5.74, 6) is -0.0895. The van der Waals surface area contributed by atoms with Gasteiger partial charge in [0.1, 0.15) is 5.71 Å². The van der Waals surface area contributed by atoms with Crippen molar-refractivity contribution < 1.29 is 4.79 Å². The van der Waals surface area contributed by atoms with Gasteiger partial charge in [0, 0.05) is 24.2 Å². The molecule has 1 aliphatic rings. The molecule has 0 radical (unpaired) electrons. The van der Waals surface area contributed by atoms with Crippen molar-refractivity contribution in [2.45, 2.75) is 19.4 Å². The van der Waals surface area contributed by atoms with Crippen LogP contribution in [0.1, 0.15) is 25.1 Å². The van der Waals surface area contributed by atoms with Crippen molar-refractivity contribution in [2.75, 3.05) is 11.9 Å². The first-order valence-electron chi connectivity index (χ1n) is 7.63. The Hall–Kier alpha value is -2.80. The molecule has 3 rings (SSSR count). The van der Waals surface area contributed by atoms with Crippen LogP contribution >= 0.6 is 11.6 Å². The minimum absolute atomic E-state index is 0.267. The molecule has 25 heavy (non-hydrogen) atoms. The number of halogens is 1. The lowest BCUT2D eigenvalue weighted by molar-refractivity contribution is -0.111. The Kier molecular flexibility index (Phi) is 4.50. The van der Waals surface area contributed by atoms with E-state index >= 15 is 0 Å². The second-order valence-corrected chi connectivity index (χ2v) is 6.52. The molecule has 2 aromatic rings. The molecule has 2 aromatic heterocycles. The van der Waals surface area contributed by atoms with E-state index < -0.39 is 11.4 Å². The average molecular weight is 357 g/mol. The van der Waals surface area contributed by atoms with Crippen LogP contribution in [-0.2, 0) is 10.3 Å². The predicted octanol–water partition coefficient (Wildman–Crippen LogP) is 2.20. The maximum atomic E-state index is 11.1. The van der Waals surface area contributed by atoms with Crippen LogP contribution in [0, 0.1) is 0 Å². The molecule has 0 atom stereocenters. The van der Waals surface area contributed by atoms with Crippen molar-refractivity contribution >= 4 is 34.7 Å². The summed E-state index contributed by atoms with van der Waals surface area (Å²) in [6.07, 6.45) is 6.71. The van der Waals surface area contributed by atoms with E-state index in [1.54, 1.807) is 36.8 Å². The van der Waals surface area contributed by atoms with Crippen molar-refractivity contribution in [3.05, 3.63) is 53.1 Å². The number of rotatable bonds is 5. The Labute approximate surface area is 150 Å². The Bertz CT molecular complexity index is 873. The largest absolute Gasteiger partial charge is 0.364 e. The molecule has 1 amide bonds. The highest BCUT2D eigenvalue weighted by molar-refractivity contribution is 6.45. The molecule has 0 saturated carbocycles. The van der Waals surface area contributed by atoms with Gasteiger partial charge in [-0.25, -0.2) is 9.97 Å². The number of anilines is 1. The number of carbonyl (C=O) groups is 1. The van der Waals surface area contributed by atoms with Crippen LogP contribution in [0.5, 0.6) is 0 Å². The zero-order chi connectivity index (χ0) is 18.0. The summed E-state index contributed by atoms with van der Waals surface area (Å²) < 4.78 is 0. The molecule has 0 aromatic carbocycles. The monoisotopic (exact) mass is 356 g/mol. The lowest BCUT2D eigenvalue weighted by Crippen LogP contribution is -2.30. The molecular weight excluding hydrogens is 340 g/mol. The minimum atomic E-state index is -0.547. The summed E-state index contributed by atoms with van der Waals surface area (Å²) in [6, 6.07) is 3.57. The number of nitrogens with zero attached hydrogens (tertiary/aromatic N) is 4. The van der Waals surface area contributed by atoms with Crippen molar-refractivity contribution in [1.82, 2.24) is 15.0 Å². The van der Waals surface area contributed by atoms with E-state index in [1.165, 1.54) is 0 Å². The van der Waals surface area contributed by atoms with E-state index in [2.05, 4.69) is 25.3 Å². The molecule has 128 valence electrons. The normalized spacial score (nSPS) is 14.0. The van der Waals surface area contributed by atoms with Crippen LogP contribution in [-0.4, -0.2) is 33.1 Å². The molecule has 1 aliphatic heterocycles. The topological polar surface area (TPSA) is 106 Å². The summed E-state index contributed by atoms with van der Waals surface area (Å²) in [5.41, 5.74) is 7.30. The van der Waals surface area contributed by atoms with Gasteiger partial charge >= 0.3 is 0 Å². The van der Waals surface area contributed by atoms with Gasteiger partial charge in [-0.3, -0.25) is 14.8 Å². The number of hydrogen-bond acceptors (Lipinski definition) is 6. The predicted molar refractivity (Wildman–Crippen MR) is 97.4 cm³/mol. The number of nitrogens with one attached hydrogen (secondary N) is 1. The van der Waals surface area contributed by atoms with E-state index in [-0.39, 0.29) is 5.71 Å². The third kappa shape index (κ3) is 3.66. The van der Waals surface area contributed by atoms with Crippen LogP contribution in [0.4, 0.5) is 5.95 Å². The highest BCUT2D eigenvalue weighted by Gasteiger charge is 2.25. The van der Waals surface area contributed by atoms with Gasteiger partial charge in [-0.15, -0.1) is 0 Å². The quantitative estimate of drug-likeness (QED) is 0.854. The molecular formula is C17H17ClN6O. The number of primary amides is 1. The van der Waals surface area contributed by atoms with Gasteiger partial charge in [-0.2, -0.15) is 0 Å². The maximum Gasteiger partial charge on any atom is 0.266 e. The summed E-state index contributed by atoms with van der Waals surface area (Å²) in [5, 5.41) is 3.80. The first kappa shape index (κ1) is 17.0. The molecule has 0 unspecified atom stereocenters. The average Bonchev–Trinajstić information content (AvgIpc) is 3.06. The number of hydrogen-bond donors (Lipinski definition) is 2. The Morgan fingerprint density at radius 3 is 2.60 bits per heavy atom. The van der Waals surface area contributed by atoms with Gasteiger partial charge in [-0.1, -0.05) is 11.6 Å². The van der Waals surface area contributed by atoms with Gasteiger partial charge in [0.25, 0.3) is 5.91 Å². The Balaban J connectivity index is 1.77. The highest BCUT2D eigenvalue weighted by atomic mass is 35.5. The smallest absolute Gasteiger partial charge is 0.266 e. The summed E-state index contributed by atoms with van der Waals surface area (Å²) in [4.78, 5) is 28.2. The number of amides is 1. The standard InChI is InChI=1S/C17H17ClN6O/c1-17(2,14-12(18)4-3-5-20-14)24-16-22-8-11(9-23-16)10-6-13(15(19)25)21-7-10/h3-6,8-9H,7H2,1-2H3,(H2,19,25)(H,22,23,24). The molecule has 0 saturated heterocycles. The lowest BCUT2D eigenvalue weighted by Gasteiger charge is -2.26. The summed E-state index contributed by atoms with van der Waals surface area (Å²) in [6.45, 7) is 4.29. The fraction of sp³-hybridized carbons (Fsp3) is 0.235. The molecule has 7 nitrogen and oxygen atoms in total. The van der Waals surface area contributed by atoms with Crippen LogP contribution < -0.4 is 11.1 Å². The molecule has 0 aliphatic carbocycles. The molecule has 8 heteroatoms. The zero-order valence-corrected chi connectivity index (χ0v) is 14.6. The number of nitrogens with two attached hydrogens (primary N) is 1. The maximum absolute atomic E-state index is 11.1. The van der Waals surface area contributed by atoms with E-state index in [0.717, 1.165) is 11.1 Å². The van der Waals surface area contributed by atoms with Gasteiger partial charge in [0.05, 0.1) is 22.8 Å². The van der Waals surface area contributed by atoms with Crippen molar-refractivity contribution in [3.8, 4) is 0 Å². The van der Waals surface area contributed by atoms with Crippen LogP contribution in [0.25, 0.3) is 5.57 Å². The minimum Gasteiger partial charge on any atom is -0.364 e. The molecule has 0 spiro atoms. The van der Waals surface area contributed by atoms with Crippen molar-refractivity contribution in [1.29, 1.82) is 0 Å². The van der Waals surface area contributed by atoms with E-state index in [1.807, 2.05) is 13.8 Å². The van der Waals surface area contributed by atoms with Gasteiger partial charge in [-0.05, 0) is 37.6 Å². The fourth-order valence-electron chi connectivity index (χ4n) is 2.49. The summed E-state index contributed by atoms with van der Waals surface area (Å²) in [7, 11) is 0. The highest BCUT2D eigenvalue weighted by Crippen LogP contribution is 2.28. The van der Waals surface area contributed by atoms with E-state index in [9.17, 15) is 4.79 Å². The molecule has 0 fully saturated rings. The van der Waals surface area contributed by atoms with Crippen molar-refractivity contribution in [2.24, 2.45) is 10.7 Å². The fourth-order valence-corrected chi connectivity index (χ4v) is 2.85. The first-order valence-corrected chi connectivity index (χ1v) is 8.01. The van der Waals surface area contributed by atoms with E-state index in [0.29, 0.717) is 23.2 Å². The molecule has 3 heterocycles. The SMILES string of the molecule is CC(C)(Nc1ncc(C2=CC(C(N)=O)=NC2)cn1)c1ncccc1Cl. The van der Waals surface area contributed by atoms with Crippen molar-refractivity contribution in [3.63, 3.8) is 0 Å². The van der Waals surface area contributed by atoms with Crippen LogP contribution in [0.2, 0.25) is 5.02 Å². The zero-order valence-electron chi connectivity index (χ0n) is 13.8. The van der Waals surface area contributed by atoms with Gasteiger partial charge in [0.2, 0.25) is 5.95 Å². The second-order valence-electron chi connectivity index (χ2n) is 6.11. The summed E-state index contributed by atoms with van der Waals surface area (Å²) >= 11 is 6.22. The first-order chi connectivity index (χ1) is 11.9. The van der Waals surface area contributed by atoms with Gasteiger partial charge < -0.3 is 11.1 Å². The van der Waals surface area contributed by atoms with Crippen LogP contribution in [0.3, 0.4) is 0 Å². The third-order valence-electron chi connectivity index (χ3n) is 3.78. The van der Waals surface area contributed by atoms with Crippen LogP contribution in [0.15, 0.2) is 41.8 Å². The Morgan fingerprint density at radius 2 is 2.00 bits per heavy atom. The Morgan fingerprint density at radius 1 is 1.28 bits per heavy atom. The third-order valence-corrected chi connectivity index (χ3v) is 4.09. The molecule has 3 N–H and O–H groups in total. The number of aliphatic imine (C=N–C) groups is 1. The van der Waals surface area contributed by atoms with Gasteiger partial charge in [0.15, 0.2) is 0 Å². The lowest BCUT2D eigenvalue weighted by atomic mass is 10.00. The number of pyridine rings is 1. The second kappa shape index (κ2) is 6.60. The number of carbonyl (C=O) groups excluding carboxylic acids is 1.